The fourth-order valence-electron chi connectivity index (χ4n) is 8.14. The number of carbonyl (C=O) groups is 6. The average Bonchev–Trinajstić information content (AvgIpc) is 3.34. The maximum atomic E-state index is 14.9. The third-order valence-electron chi connectivity index (χ3n) is 11.6. The molecule has 72 heavy (non-hydrogen) atoms. The molecule has 0 saturated heterocycles. The molecule has 5 aromatic carbocycles. The second kappa shape index (κ2) is 26.6. The van der Waals surface area contributed by atoms with E-state index in [1.165, 1.54) is 11.8 Å². The van der Waals surface area contributed by atoms with Gasteiger partial charge in [0.2, 0.25) is 5.91 Å². The van der Waals surface area contributed by atoms with Gasteiger partial charge in [-0.1, -0.05) is 140 Å². The zero-order valence-electron chi connectivity index (χ0n) is 42.8. The van der Waals surface area contributed by atoms with Crippen molar-refractivity contribution in [2.45, 2.75) is 122 Å². The van der Waals surface area contributed by atoms with Gasteiger partial charge in [-0.2, -0.15) is 0 Å². The van der Waals surface area contributed by atoms with Crippen LogP contribution < -0.4 is 15.4 Å². The van der Waals surface area contributed by atoms with E-state index in [0.29, 0.717) is 24.3 Å². The minimum absolute atomic E-state index is 0.0221. The molecule has 0 aliphatic heterocycles. The van der Waals surface area contributed by atoms with E-state index in [9.17, 15) is 28.8 Å². The Balaban J connectivity index is 1.49. The lowest BCUT2D eigenvalue weighted by Gasteiger charge is -2.36. The molecule has 0 aliphatic carbocycles. The summed E-state index contributed by atoms with van der Waals surface area (Å²) in [5, 5.41) is 5.54. The van der Waals surface area contributed by atoms with E-state index in [4.69, 9.17) is 18.9 Å². The van der Waals surface area contributed by atoms with Crippen molar-refractivity contribution in [3.8, 4) is 5.75 Å². The Morgan fingerprint density at radius 3 is 1.60 bits per heavy atom. The summed E-state index contributed by atoms with van der Waals surface area (Å²) in [4.78, 5) is 84.4. The van der Waals surface area contributed by atoms with Crippen LogP contribution in [0.2, 0.25) is 0 Å². The zero-order valence-corrected chi connectivity index (χ0v) is 43.6. The van der Waals surface area contributed by atoms with E-state index in [1.54, 1.807) is 65.8 Å². The summed E-state index contributed by atoms with van der Waals surface area (Å²) in [5.41, 5.74) is 2.59. The molecule has 5 aromatic rings. The van der Waals surface area contributed by atoms with E-state index in [-0.39, 0.29) is 36.9 Å². The molecule has 4 atom stereocenters. The summed E-state index contributed by atoms with van der Waals surface area (Å²) in [5.74, 6) is -4.15. The Kier molecular flexibility index (Phi) is 20.8. The van der Waals surface area contributed by atoms with Crippen molar-refractivity contribution in [3.63, 3.8) is 0 Å². The number of ketones is 2. The van der Waals surface area contributed by atoms with Gasteiger partial charge in [-0.15, -0.1) is 11.8 Å². The van der Waals surface area contributed by atoms with Crippen molar-refractivity contribution in [2.75, 3.05) is 12.4 Å². The molecule has 2 amide bonds. The fraction of sp³-hybridized carbons (Fsp3) is 0.390. The summed E-state index contributed by atoms with van der Waals surface area (Å²) in [6.07, 6.45) is -1.64. The second-order valence-corrected chi connectivity index (χ2v) is 21.0. The molecule has 13 heteroatoms. The number of thioether (sulfide) groups is 1. The van der Waals surface area contributed by atoms with Crippen molar-refractivity contribution in [1.29, 1.82) is 0 Å². The standard InChI is InChI=1S/C59H70N2O10S/c1-9-68-48-32-30-43(31-33-48)39-69-55(66)50(40-72-59(45-24-16-11-17-25-45,46-26-18-12-19-27-46)47-28-20-13-21-29-47)60-54(65)44(38-53(64)70-57(3,4)5)37-52(63)49(61-56(67)71-58(6,7)8)34-35-51(62)41(2)36-42-22-14-10-15-23-42/h10-33,41,44,49-50H,9,34-40H2,1-8H3,(H,60,65)(H,61,67)/t41-,44-,49-,50-/m0/s1. The molecule has 0 radical (unpaired) electrons. The van der Waals surface area contributed by atoms with E-state index >= 15 is 0 Å². The number of rotatable bonds is 25. The number of carbonyl (C=O) groups excluding carboxylic acids is 6. The molecule has 0 aliphatic rings. The fourth-order valence-corrected chi connectivity index (χ4v) is 9.69. The number of benzene rings is 5. The lowest BCUT2D eigenvalue weighted by atomic mass is 9.84. The van der Waals surface area contributed by atoms with Gasteiger partial charge in [-0.25, -0.2) is 9.59 Å². The van der Waals surface area contributed by atoms with Gasteiger partial charge in [0.25, 0.3) is 0 Å². The highest BCUT2D eigenvalue weighted by Crippen LogP contribution is 2.48. The minimum Gasteiger partial charge on any atom is -0.494 e. The molecule has 0 saturated carbocycles. The molecule has 0 fully saturated rings. The summed E-state index contributed by atoms with van der Waals surface area (Å²) < 4.78 is 21.8. The molecule has 0 unspecified atom stereocenters. The number of hydrogen-bond donors (Lipinski definition) is 2. The first-order chi connectivity index (χ1) is 34.3. The number of hydrogen-bond acceptors (Lipinski definition) is 11. The molecule has 0 heterocycles. The molecule has 382 valence electrons. The number of esters is 2. The quantitative estimate of drug-likeness (QED) is 0.0325. The van der Waals surface area contributed by atoms with Gasteiger partial charge in [0.05, 0.1) is 29.7 Å². The largest absolute Gasteiger partial charge is 0.494 e. The highest BCUT2D eigenvalue weighted by atomic mass is 32.2. The predicted octanol–water partition coefficient (Wildman–Crippen LogP) is 10.8. The van der Waals surface area contributed by atoms with Gasteiger partial charge < -0.3 is 29.6 Å². The van der Waals surface area contributed by atoms with Crippen LogP contribution in [-0.2, 0) is 56.0 Å². The van der Waals surface area contributed by atoms with Crippen molar-refractivity contribution < 1.29 is 47.7 Å². The first-order valence-corrected chi connectivity index (χ1v) is 25.5. The van der Waals surface area contributed by atoms with E-state index in [0.717, 1.165) is 22.3 Å². The Labute approximate surface area is 429 Å². The maximum absolute atomic E-state index is 14.9. The molecule has 2 N–H and O–H groups in total. The van der Waals surface area contributed by atoms with Crippen molar-refractivity contribution >= 4 is 47.3 Å². The Morgan fingerprint density at radius 2 is 1.10 bits per heavy atom. The zero-order chi connectivity index (χ0) is 52.3. The van der Waals surface area contributed by atoms with Gasteiger partial charge in [0.15, 0.2) is 5.78 Å². The topological polar surface area (TPSA) is 163 Å². The number of ether oxygens (including phenoxy) is 4. The van der Waals surface area contributed by atoms with Crippen molar-refractivity contribution in [3.05, 3.63) is 173 Å². The van der Waals surface area contributed by atoms with Crippen LogP contribution in [0.1, 0.15) is 109 Å². The van der Waals surface area contributed by atoms with Crippen LogP contribution in [0.15, 0.2) is 146 Å². The van der Waals surface area contributed by atoms with Crippen LogP contribution >= 0.6 is 11.8 Å². The number of alkyl carbamates (subject to hydrolysis) is 1. The lowest BCUT2D eigenvalue weighted by molar-refractivity contribution is -0.157. The summed E-state index contributed by atoms with van der Waals surface area (Å²) in [7, 11) is 0. The first kappa shape index (κ1) is 56.2. The van der Waals surface area contributed by atoms with Crippen LogP contribution in [0.25, 0.3) is 0 Å². The predicted molar refractivity (Wildman–Crippen MR) is 281 cm³/mol. The average molecular weight is 999 g/mol. The molecule has 0 bridgehead atoms. The lowest BCUT2D eigenvalue weighted by Crippen LogP contribution is -2.49. The number of Topliss-reactive ketones (excluding diaryl/α,β-unsaturated/α-hetero) is 2. The van der Waals surface area contributed by atoms with Crippen LogP contribution in [0.5, 0.6) is 5.75 Å². The van der Waals surface area contributed by atoms with E-state index in [2.05, 4.69) is 10.6 Å². The van der Waals surface area contributed by atoms with Gasteiger partial charge >= 0.3 is 18.0 Å². The Bertz CT molecular complexity index is 2430. The molecule has 12 nitrogen and oxygen atoms in total. The second-order valence-electron chi connectivity index (χ2n) is 19.8. The Morgan fingerprint density at radius 1 is 0.583 bits per heavy atom. The Hall–Kier alpha value is -6.73. The van der Waals surface area contributed by atoms with E-state index in [1.807, 2.05) is 135 Å². The van der Waals surface area contributed by atoms with Gasteiger partial charge in [-0.05, 0) is 101 Å². The molecule has 0 spiro atoms. The van der Waals surface area contributed by atoms with Crippen molar-refractivity contribution in [2.24, 2.45) is 11.8 Å². The maximum Gasteiger partial charge on any atom is 0.408 e. The van der Waals surface area contributed by atoms with Gasteiger partial charge in [0.1, 0.15) is 35.4 Å². The molecule has 5 rings (SSSR count). The first-order valence-electron chi connectivity index (χ1n) is 24.6. The highest BCUT2D eigenvalue weighted by molar-refractivity contribution is 8.00. The minimum atomic E-state index is -1.38. The van der Waals surface area contributed by atoms with Gasteiger partial charge in [-0.3, -0.25) is 19.2 Å². The highest BCUT2D eigenvalue weighted by Gasteiger charge is 2.40. The summed E-state index contributed by atoms with van der Waals surface area (Å²) in [6, 6.07) is 43.7. The third kappa shape index (κ3) is 17.5. The third-order valence-corrected chi connectivity index (χ3v) is 13.2. The van der Waals surface area contributed by atoms with Crippen LogP contribution in [0, 0.1) is 11.8 Å². The monoisotopic (exact) mass is 998 g/mol. The molecular formula is C59H70N2O10S. The smallest absolute Gasteiger partial charge is 0.408 e. The van der Waals surface area contributed by atoms with Crippen LogP contribution in [0.3, 0.4) is 0 Å². The number of nitrogens with one attached hydrogen (secondary N) is 2. The molecule has 0 aromatic heterocycles. The van der Waals surface area contributed by atoms with Crippen LogP contribution in [-0.4, -0.2) is 71.2 Å². The summed E-state index contributed by atoms with van der Waals surface area (Å²) in [6.45, 7) is 14.2. The summed E-state index contributed by atoms with van der Waals surface area (Å²) >= 11 is 1.43. The van der Waals surface area contributed by atoms with Crippen molar-refractivity contribution in [1.82, 2.24) is 10.6 Å². The van der Waals surface area contributed by atoms with Crippen LogP contribution in [0.4, 0.5) is 4.79 Å². The number of amides is 2. The SMILES string of the molecule is CCOc1ccc(COC(=O)[C@H](CSC(c2ccccc2)(c2ccccc2)c2ccccc2)NC(=O)[C@H](CC(=O)OC(C)(C)C)CC(=O)[C@H](CCC(=O)[C@@H](C)Cc2ccccc2)NC(=O)OC(C)(C)C)cc1. The normalized spacial score (nSPS) is 13.3. The van der Waals surface area contributed by atoms with E-state index < -0.39 is 76.5 Å². The molecular weight excluding hydrogens is 929 g/mol. The van der Waals surface area contributed by atoms with Gasteiger partial charge in [0, 0.05) is 24.5 Å².